The molecule has 4 aliphatic rings. The minimum atomic E-state index is -1.96. The van der Waals surface area contributed by atoms with E-state index in [1.54, 1.807) is 12.1 Å². The van der Waals surface area contributed by atoms with Crippen molar-refractivity contribution in [3.8, 4) is 11.5 Å². The average molecular weight is 839 g/mol. The van der Waals surface area contributed by atoms with Crippen LogP contribution in [0.15, 0.2) is 24.3 Å². The highest BCUT2D eigenvalue weighted by molar-refractivity contribution is 5.73. The van der Waals surface area contributed by atoms with Gasteiger partial charge in [-0.05, 0) is 31.2 Å². The SMILES string of the molecule is COc1ccc(O[C@H]2O[C@H](CO)[C@@H](O)[C@H](O[C@H]3O[C@H](CO)[C@H](O)[C@H](O[C@@H]4O[C@H](CO)[C@H](O)[C@H](O)[C@H]4O[C@@H]4O[C@@H](C)[C@@H](O)[C@@H](O)[C@@H]4O)[C@H]3NC(C)=O)[C@H]2NC(C)=O)cc1. The standard InChI is InChI=1S/C35H54N2O21/c1-12-22(43)26(47)28(49)34(51-12)58-31-27(48)23(44)17(9-38)55-35(31)57-30-21(37-14(3)42)33(54-19(11-40)25(30)46)56-29-20(36-13(2)41)32(53-18(10-39)24(29)45)52-16-7-5-15(50-4)6-8-16/h5-8,12,17-35,38-40,43-49H,9-11H2,1-4H3,(H,36,41)(H,37,42)/t12-,17+,18+,19+,20+,21+,22+,23-,24+,25-,26+,27-,28-,29+,30+,31+,32-,33+,34-,35-/m0/s1. The molecule has 2 amide bonds. The van der Waals surface area contributed by atoms with E-state index in [4.69, 9.17) is 42.6 Å². The third-order valence-corrected chi connectivity index (χ3v) is 10.3. The van der Waals surface area contributed by atoms with E-state index in [-0.39, 0.29) is 5.75 Å². The number of methoxy groups -OCH3 is 1. The zero-order valence-corrected chi connectivity index (χ0v) is 31.9. The minimum absolute atomic E-state index is 0.221. The first-order valence-electron chi connectivity index (χ1n) is 18.6. The molecule has 5 rings (SSSR count). The smallest absolute Gasteiger partial charge is 0.223 e. The van der Waals surface area contributed by atoms with Crippen LogP contribution in [0.2, 0.25) is 0 Å². The minimum Gasteiger partial charge on any atom is -0.497 e. The first-order chi connectivity index (χ1) is 27.5. The van der Waals surface area contributed by atoms with Gasteiger partial charge in [0.1, 0.15) is 103 Å². The van der Waals surface area contributed by atoms with Crippen LogP contribution in [0.1, 0.15) is 20.8 Å². The van der Waals surface area contributed by atoms with Gasteiger partial charge in [0.05, 0.1) is 33.0 Å². The fraction of sp³-hybridized carbons (Fsp3) is 0.771. The van der Waals surface area contributed by atoms with E-state index in [0.717, 1.165) is 6.92 Å². The summed E-state index contributed by atoms with van der Waals surface area (Å²) >= 11 is 0. The second-order valence-corrected chi connectivity index (χ2v) is 14.4. The largest absolute Gasteiger partial charge is 0.497 e. The Morgan fingerprint density at radius 3 is 1.52 bits per heavy atom. The van der Waals surface area contributed by atoms with Crippen LogP contribution in [0.25, 0.3) is 0 Å². The van der Waals surface area contributed by atoms with E-state index in [1.807, 2.05) is 0 Å². The molecular formula is C35H54N2O21. The number of aliphatic hydroxyl groups is 10. The van der Waals surface area contributed by atoms with Crippen LogP contribution < -0.4 is 20.1 Å². The van der Waals surface area contributed by atoms with Crippen molar-refractivity contribution in [2.75, 3.05) is 26.9 Å². The second kappa shape index (κ2) is 20.1. The lowest BCUT2D eigenvalue weighted by Gasteiger charge is -2.50. The molecule has 23 heteroatoms. The van der Waals surface area contributed by atoms with Gasteiger partial charge < -0.3 is 104 Å². The molecule has 330 valence electrons. The van der Waals surface area contributed by atoms with Gasteiger partial charge in [0.2, 0.25) is 18.1 Å². The molecule has 1 aromatic rings. The summed E-state index contributed by atoms with van der Waals surface area (Å²) in [7, 11) is 1.46. The number of carbonyl (C=O) groups excluding carboxylic acids is 2. The molecule has 0 bridgehead atoms. The van der Waals surface area contributed by atoms with E-state index in [2.05, 4.69) is 10.6 Å². The van der Waals surface area contributed by atoms with Crippen molar-refractivity contribution in [2.45, 2.75) is 143 Å². The summed E-state index contributed by atoms with van der Waals surface area (Å²) in [5.74, 6) is -0.653. The van der Waals surface area contributed by atoms with Crippen LogP contribution >= 0.6 is 0 Å². The highest BCUT2D eigenvalue weighted by atomic mass is 16.8. The number of hydrogen-bond donors (Lipinski definition) is 12. The summed E-state index contributed by atoms with van der Waals surface area (Å²) in [6, 6.07) is 3.26. The number of aliphatic hydroxyl groups excluding tert-OH is 10. The maximum absolute atomic E-state index is 12.7. The zero-order valence-electron chi connectivity index (χ0n) is 31.9. The molecule has 4 fully saturated rings. The first kappa shape index (κ1) is 46.2. The van der Waals surface area contributed by atoms with Crippen LogP contribution in [0.3, 0.4) is 0 Å². The molecule has 0 unspecified atom stereocenters. The van der Waals surface area contributed by atoms with Gasteiger partial charge in [-0.15, -0.1) is 0 Å². The number of ether oxygens (including phenoxy) is 9. The third-order valence-electron chi connectivity index (χ3n) is 10.3. The number of hydrogen-bond acceptors (Lipinski definition) is 21. The summed E-state index contributed by atoms with van der Waals surface area (Å²) in [5.41, 5.74) is 0. The van der Waals surface area contributed by atoms with Gasteiger partial charge in [-0.25, -0.2) is 0 Å². The van der Waals surface area contributed by atoms with Gasteiger partial charge >= 0.3 is 0 Å². The molecule has 20 atom stereocenters. The van der Waals surface area contributed by atoms with Crippen molar-refractivity contribution < 1.29 is 103 Å². The molecule has 4 heterocycles. The monoisotopic (exact) mass is 838 g/mol. The zero-order chi connectivity index (χ0) is 42.6. The van der Waals surface area contributed by atoms with Crippen LogP contribution in [0, 0.1) is 0 Å². The molecule has 0 spiro atoms. The summed E-state index contributed by atoms with van der Waals surface area (Å²) in [6.07, 6.45) is -30.2. The van der Waals surface area contributed by atoms with E-state index >= 15 is 0 Å². The molecule has 4 saturated heterocycles. The molecule has 12 N–H and O–H groups in total. The fourth-order valence-electron chi connectivity index (χ4n) is 7.14. The van der Waals surface area contributed by atoms with Crippen LogP contribution in [0.4, 0.5) is 0 Å². The quantitative estimate of drug-likeness (QED) is 0.0829. The van der Waals surface area contributed by atoms with Crippen molar-refractivity contribution in [3.05, 3.63) is 24.3 Å². The van der Waals surface area contributed by atoms with Gasteiger partial charge in [0.25, 0.3) is 0 Å². The highest BCUT2D eigenvalue weighted by Gasteiger charge is 2.56. The normalized spacial score (nSPS) is 43.3. The Kier molecular flexibility index (Phi) is 16.0. The predicted molar refractivity (Wildman–Crippen MR) is 187 cm³/mol. The van der Waals surface area contributed by atoms with Gasteiger partial charge in [-0.1, -0.05) is 0 Å². The van der Waals surface area contributed by atoms with Gasteiger partial charge in [-0.3, -0.25) is 9.59 Å². The van der Waals surface area contributed by atoms with E-state index in [9.17, 15) is 60.7 Å². The van der Waals surface area contributed by atoms with Gasteiger partial charge in [-0.2, -0.15) is 0 Å². The topological polar surface area (TPSA) is 344 Å². The van der Waals surface area contributed by atoms with Crippen LogP contribution in [-0.2, 0) is 42.7 Å². The van der Waals surface area contributed by atoms with E-state index in [0.29, 0.717) is 5.75 Å². The molecule has 1 aromatic carbocycles. The molecule has 4 aliphatic heterocycles. The maximum atomic E-state index is 12.7. The Bertz CT molecular complexity index is 1480. The number of rotatable bonds is 14. The average Bonchev–Trinajstić information content (AvgIpc) is 3.19. The number of carbonyl (C=O) groups is 2. The Morgan fingerprint density at radius 2 is 1.00 bits per heavy atom. The van der Waals surface area contributed by atoms with Gasteiger partial charge in [0.15, 0.2) is 18.9 Å². The van der Waals surface area contributed by atoms with Gasteiger partial charge in [0, 0.05) is 13.8 Å². The summed E-state index contributed by atoms with van der Waals surface area (Å²) in [5, 5.41) is 112. The molecule has 58 heavy (non-hydrogen) atoms. The maximum Gasteiger partial charge on any atom is 0.223 e. The third kappa shape index (κ3) is 10.2. The summed E-state index contributed by atoms with van der Waals surface area (Å²) < 4.78 is 52.4. The Labute approximate surface area is 331 Å². The Morgan fingerprint density at radius 1 is 0.552 bits per heavy atom. The molecular weight excluding hydrogens is 784 g/mol. The van der Waals surface area contributed by atoms with Crippen molar-refractivity contribution in [2.24, 2.45) is 0 Å². The summed E-state index contributed by atoms with van der Waals surface area (Å²) in [4.78, 5) is 25.2. The molecule has 0 aliphatic carbocycles. The van der Waals surface area contributed by atoms with Crippen molar-refractivity contribution in [3.63, 3.8) is 0 Å². The lowest BCUT2D eigenvalue weighted by Crippen LogP contribution is -2.71. The summed E-state index contributed by atoms with van der Waals surface area (Å²) in [6.45, 7) is 1.09. The Balaban J connectivity index is 1.48. The van der Waals surface area contributed by atoms with Crippen molar-refractivity contribution in [1.29, 1.82) is 0 Å². The van der Waals surface area contributed by atoms with Crippen molar-refractivity contribution >= 4 is 11.8 Å². The van der Waals surface area contributed by atoms with E-state index in [1.165, 1.54) is 33.1 Å². The number of amides is 2. The number of benzene rings is 1. The molecule has 0 aromatic heterocycles. The second-order valence-electron chi connectivity index (χ2n) is 14.4. The predicted octanol–water partition coefficient (Wildman–Crippen LogP) is -6.34. The fourth-order valence-corrected chi connectivity index (χ4v) is 7.14. The molecule has 23 nitrogen and oxygen atoms in total. The highest BCUT2D eigenvalue weighted by Crippen LogP contribution is 2.35. The molecule has 0 radical (unpaired) electrons. The lowest BCUT2D eigenvalue weighted by atomic mass is 9.93. The Hall–Kier alpha value is -2.92. The van der Waals surface area contributed by atoms with E-state index < -0.39 is 154 Å². The first-order valence-corrected chi connectivity index (χ1v) is 18.6. The van der Waals surface area contributed by atoms with Crippen LogP contribution in [-0.4, -0.2) is 213 Å². The lowest BCUT2D eigenvalue weighted by molar-refractivity contribution is -0.384. The van der Waals surface area contributed by atoms with Crippen LogP contribution in [0.5, 0.6) is 11.5 Å². The van der Waals surface area contributed by atoms with Crippen molar-refractivity contribution in [1.82, 2.24) is 10.6 Å². The number of nitrogens with one attached hydrogen (secondary N) is 2. The molecule has 0 saturated carbocycles.